The van der Waals surface area contributed by atoms with Crippen molar-refractivity contribution in [2.45, 2.75) is 32.5 Å². The summed E-state index contributed by atoms with van der Waals surface area (Å²) >= 11 is 0. The zero-order chi connectivity index (χ0) is 10.7. The molecule has 0 aromatic carbocycles. The van der Waals surface area contributed by atoms with Gasteiger partial charge in [-0.1, -0.05) is 13.8 Å². The minimum atomic E-state index is -2.90. The van der Waals surface area contributed by atoms with E-state index in [4.69, 9.17) is 9.47 Å². The summed E-state index contributed by atoms with van der Waals surface area (Å²) in [5, 5.41) is 0. The highest BCUT2D eigenvalue weighted by Crippen LogP contribution is 2.29. The zero-order valence-electron chi connectivity index (χ0n) is 8.78. The number of hydrogen-bond acceptors (Lipinski definition) is 4. The Hall–Kier alpha value is -0.130. The van der Waals surface area contributed by atoms with E-state index in [1.165, 1.54) is 0 Å². The highest BCUT2D eigenvalue weighted by atomic mass is 32.2. The summed E-state index contributed by atoms with van der Waals surface area (Å²) in [4.78, 5) is 0. The molecule has 1 aliphatic rings. The van der Waals surface area contributed by atoms with E-state index in [0.29, 0.717) is 13.2 Å². The molecular formula is C9H18O4S. The summed E-state index contributed by atoms with van der Waals surface area (Å²) in [5.74, 6) is -0.801. The predicted molar refractivity (Wildman–Crippen MR) is 53.9 cm³/mol. The maximum atomic E-state index is 11.1. The lowest BCUT2D eigenvalue weighted by molar-refractivity contribution is -0.216. The molecule has 0 aromatic heterocycles. The Kier molecular flexibility index (Phi) is 3.92. The minimum Gasteiger partial charge on any atom is -0.348 e. The Morgan fingerprint density at radius 1 is 1.07 bits per heavy atom. The van der Waals surface area contributed by atoms with Crippen molar-refractivity contribution in [2.75, 3.05) is 24.7 Å². The first-order valence-corrected chi connectivity index (χ1v) is 6.84. The highest BCUT2D eigenvalue weighted by Gasteiger charge is 2.50. The van der Waals surface area contributed by atoms with Crippen LogP contribution in [0.5, 0.6) is 0 Å². The van der Waals surface area contributed by atoms with Crippen molar-refractivity contribution in [3.05, 3.63) is 0 Å². The third kappa shape index (κ3) is 2.93. The van der Waals surface area contributed by atoms with Crippen molar-refractivity contribution in [1.82, 2.24) is 0 Å². The molecule has 1 fully saturated rings. The fraction of sp³-hybridized carbons (Fsp3) is 1.00. The fourth-order valence-corrected chi connectivity index (χ4v) is 3.00. The van der Waals surface area contributed by atoms with E-state index in [1.54, 1.807) is 0 Å². The third-order valence-corrected chi connectivity index (χ3v) is 3.78. The number of ether oxygens (including phenoxy) is 2. The highest BCUT2D eigenvalue weighted by molar-refractivity contribution is 7.93. The lowest BCUT2D eigenvalue weighted by Crippen LogP contribution is -2.58. The van der Waals surface area contributed by atoms with Crippen LogP contribution in [0.25, 0.3) is 0 Å². The molecule has 0 atom stereocenters. The van der Waals surface area contributed by atoms with Gasteiger partial charge in [0.15, 0.2) is 15.6 Å². The molecule has 0 radical (unpaired) electrons. The van der Waals surface area contributed by atoms with Crippen LogP contribution in [-0.4, -0.2) is 38.9 Å². The van der Waals surface area contributed by atoms with Crippen molar-refractivity contribution in [3.63, 3.8) is 0 Å². The molecule has 5 heteroatoms. The first-order valence-electron chi connectivity index (χ1n) is 5.02. The van der Waals surface area contributed by atoms with Crippen LogP contribution in [0.2, 0.25) is 0 Å². The largest absolute Gasteiger partial charge is 0.348 e. The lowest BCUT2D eigenvalue weighted by Gasteiger charge is -2.40. The summed E-state index contributed by atoms with van der Waals surface area (Å²) in [6.45, 7) is 5.08. The quantitative estimate of drug-likeness (QED) is 0.628. The van der Waals surface area contributed by atoms with Crippen molar-refractivity contribution in [2.24, 2.45) is 0 Å². The van der Waals surface area contributed by atoms with Gasteiger partial charge in [0.1, 0.15) is 11.5 Å². The molecule has 14 heavy (non-hydrogen) atoms. The fourth-order valence-electron chi connectivity index (χ4n) is 1.41. The second-order valence-electron chi connectivity index (χ2n) is 3.64. The Balaban J connectivity index is 2.46. The van der Waals surface area contributed by atoms with Gasteiger partial charge in [-0.3, -0.25) is 0 Å². The van der Waals surface area contributed by atoms with E-state index in [9.17, 15) is 8.42 Å². The lowest BCUT2D eigenvalue weighted by atomic mass is 10.3. The minimum absolute atomic E-state index is 0.0139. The van der Waals surface area contributed by atoms with Gasteiger partial charge in [0.25, 0.3) is 0 Å². The van der Waals surface area contributed by atoms with Gasteiger partial charge in [-0.05, 0) is 12.8 Å². The molecule has 84 valence electrons. The molecule has 0 bridgehead atoms. The summed E-state index contributed by atoms with van der Waals surface area (Å²) in [6.07, 6.45) is 1.74. The van der Waals surface area contributed by atoms with Crippen LogP contribution in [-0.2, 0) is 19.3 Å². The molecule has 1 aliphatic heterocycles. The smallest absolute Gasteiger partial charge is 0.196 e. The third-order valence-electron chi connectivity index (χ3n) is 2.02. The molecule has 1 saturated heterocycles. The molecule has 0 aliphatic carbocycles. The van der Waals surface area contributed by atoms with Gasteiger partial charge in [0.05, 0.1) is 0 Å². The van der Waals surface area contributed by atoms with E-state index >= 15 is 0 Å². The van der Waals surface area contributed by atoms with E-state index in [2.05, 4.69) is 0 Å². The Bertz CT molecular complexity index is 249. The summed E-state index contributed by atoms with van der Waals surface area (Å²) in [7, 11) is -2.90. The van der Waals surface area contributed by atoms with E-state index < -0.39 is 15.6 Å². The Morgan fingerprint density at radius 3 is 1.79 bits per heavy atom. The SMILES string of the molecule is CCCOC1(OCCC)CS(=O)(=O)C1. The molecule has 0 saturated carbocycles. The van der Waals surface area contributed by atoms with Crippen molar-refractivity contribution in [1.29, 1.82) is 0 Å². The van der Waals surface area contributed by atoms with Crippen LogP contribution < -0.4 is 0 Å². The van der Waals surface area contributed by atoms with Crippen LogP contribution in [0.3, 0.4) is 0 Å². The number of rotatable bonds is 6. The van der Waals surface area contributed by atoms with E-state index in [-0.39, 0.29) is 11.5 Å². The molecule has 0 unspecified atom stereocenters. The van der Waals surface area contributed by atoms with E-state index in [0.717, 1.165) is 12.8 Å². The molecular weight excluding hydrogens is 204 g/mol. The molecule has 0 aromatic rings. The van der Waals surface area contributed by atoms with Gasteiger partial charge in [0.2, 0.25) is 0 Å². The molecule has 0 spiro atoms. The standard InChI is InChI=1S/C9H18O4S/c1-3-5-12-9(13-6-4-2)7-14(10,11)8-9/h3-8H2,1-2H3. The van der Waals surface area contributed by atoms with Crippen LogP contribution in [0.1, 0.15) is 26.7 Å². The van der Waals surface area contributed by atoms with Gasteiger partial charge < -0.3 is 9.47 Å². The second kappa shape index (κ2) is 4.59. The summed E-state index contributed by atoms with van der Waals surface area (Å²) in [5.41, 5.74) is 0. The van der Waals surface area contributed by atoms with Crippen molar-refractivity contribution >= 4 is 9.84 Å². The molecule has 1 heterocycles. The zero-order valence-corrected chi connectivity index (χ0v) is 9.60. The van der Waals surface area contributed by atoms with Gasteiger partial charge in [0, 0.05) is 13.2 Å². The Labute approximate surface area is 85.5 Å². The molecule has 4 nitrogen and oxygen atoms in total. The first kappa shape index (κ1) is 11.9. The molecule has 0 amide bonds. The van der Waals surface area contributed by atoms with Crippen LogP contribution in [0, 0.1) is 0 Å². The molecule has 1 rings (SSSR count). The maximum absolute atomic E-state index is 11.1. The summed E-state index contributed by atoms with van der Waals surface area (Å²) in [6, 6.07) is 0. The van der Waals surface area contributed by atoms with Crippen LogP contribution >= 0.6 is 0 Å². The number of sulfone groups is 1. The summed E-state index contributed by atoms with van der Waals surface area (Å²) < 4.78 is 33.0. The topological polar surface area (TPSA) is 52.6 Å². The molecule has 0 N–H and O–H groups in total. The van der Waals surface area contributed by atoms with Crippen LogP contribution in [0.15, 0.2) is 0 Å². The Morgan fingerprint density at radius 2 is 1.50 bits per heavy atom. The van der Waals surface area contributed by atoms with Crippen molar-refractivity contribution in [3.8, 4) is 0 Å². The normalized spacial score (nSPS) is 23.0. The maximum Gasteiger partial charge on any atom is 0.196 e. The van der Waals surface area contributed by atoms with Gasteiger partial charge in [-0.25, -0.2) is 8.42 Å². The van der Waals surface area contributed by atoms with Gasteiger partial charge >= 0.3 is 0 Å². The predicted octanol–water partition coefficient (Wildman–Crippen LogP) is 0.964. The van der Waals surface area contributed by atoms with Gasteiger partial charge in [-0.15, -0.1) is 0 Å². The monoisotopic (exact) mass is 222 g/mol. The van der Waals surface area contributed by atoms with Gasteiger partial charge in [-0.2, -0.15) is 0 Å². The second-order valence-corrected chi connectivity index (χ2v) is 5.70. The van der Waals surface area contributed by atoms with E-state index in [1.807, 2.05) is 13.8 Å². The average Bonchev–Trinajstić information content (AvgIpc) is 2.08. The van der Waals surface area contributed by atoms with Crippen molar-refractivity contribution < 1.29 is 17.9 Å². The first-order chi connectivity index (χ1) is 6.54. The average molecular weight is 222 g/mol. The van der Waals surface area contributed by atoms with Crippen LogP contribution in [0.4, 0.5) is 0 Å². The number of hydrogen-bond donors (Lipinski definition) is 0.